The summed E-state index contributed by atoms with van der Waals surface area (Å²) in [5.41, 5.74) is 6.07. The zero-order valence-electron chi connectivity index (χ0n) is 12.3. The average molecular weight is 333 g/mol. The first kappa shape index (κ1) is 16.5. The van der Waals surface area contributed by atoms with Crippen molar-refractivity contribution in [3.05, 3.63) is 23.2 Å². The van der Waals surface area contributed by atoms with Gasteiger partial charge >= 0.3 is 0 Å². The number of rotatable bonds is 7. The van der Waals surface area contributed by atoms with Gasteiger partial charge in [-0.2, -0.15) is 4.31 Å². The van der Waals surface area contributed by atoms with E-state index in [2.05, 4.69) is 0 Å². The van der Waals surface area contributed by atoms with Crippen LogP contribution in [0, 0.1) is 5.92 Å². The smallest absolute Gasteiger partial charge is 0.244 e. The number of hydrogen-bond donors (Lipinski definition) is 1. The van der Waals surface area contributed by atoms with Crippen molar-refractivity contribution < 1.29 is 13.2 Å². The van der Waals surface area contributed by atoms with Crippen LogP contribution >= 0.6 is 11.6 Å². The van der Waals surface area contributed by atoms with Crippen LogP contribution in [-0.4, -0.2) is 39.0 Å². The van der Waals surface area contributed by atoms with E-state index in [4.69, 9.17) is 22.1 Å². The molecule has 2 N–H and O–H groups in total. The second kappa shape index (κ2) is 6.52. The van der Waals surface area contributed by atoms with E-state index < -0.39 is 10.0 Å². The summed E-state index contributed by atoms with van der Waals surface area (Å²) in [6.07, 6.45) is 2.13. The summed E-state index contributed by atoms with van der Waals surface area (Å²) in [6.45, 7) is 2.61. The number of halogens is 1. The Morgan fingerprint density at radius 1 is 1.48 bits per heavy atom. The van der Waals surface area contributed by atoms with Crippen molar-refractivity contribution in [2.45, 2.75) is 30.7 Å². The molecule has 1 atom stereocenters. The second-order valence-electron chi connectivity index (χ2n) is 5.38. The Morgan fingerprint density at radius 3 is 2.67 bits per heavy atom. The van der Waals surface area contributed by atoms with Gasteiger partial charge in [-0.25, -0.2) is 8.42 Å². The molecule has 0 radical (unpaired) electrons. The normalized spacial score (nSPS) is 17.1. The number of benzene rings is 1. The van der Waals surface area contributed by atoms with Crippen LogP contribution in [0.5, 0.6) is 0 Å². The van der Waals surface area contributed by atoms with Gasteiger partial charge in [-0.05, 0) is 43.9 Å². The first-order valence-corrected chi connectivity index (χ1v) is 8.75. The maximum Gasteiger partial charge on any atom is 0.244 e. The second-order valence-corrected chi connectivity index (χ2v) is 7.64. The van der Waals surface area contributed by atoms with Gasteiger partial charge in [0.05, 0.1) is 11.6 Å². The fraction of sp³-hybridized carbons (Fsp3) is 0.571. The fourth-order valence-electron chi connectivity index (χ4n) is 2.39. The van der Waals surface area contributed by atoms with Gasteiger partial charge in [0.2, 0.25) is 10.0 Å². The summed E-state index contributed by atoms with van der Waals surface area (Å²) in [4.78, 5) is 0.0990. The Bertz CT molecular complexity index is 602. The lowest BCUT2D eigenvalue weighted by Crippen LogP contribution is -2.42. The standard InChI is InChI=1S/C14H21ClN2O3S/c1-10(11-3-4-11)17(7-8-20-2)21(18,19)14-6-5-12(16)9-13(14)15/h5-6,9-11H,3-4,7-8,16H2,1-2H3. The maximum atomic E-state index is 12.9. The van der Waals surface area contributed by atoms with Gasteiger partial charge < -0.3 is 10.5 Å². The van der Waals surface area contributed by atoms with Crippen molar-refractivity contribution in [2.75, 3.05) is 26.0 Å². The molecule has 1 aromatic rings. The minimum atomic E-state index is -3.66. The zero-order valence-corrected chi connectivity index (χ0v) is 13.8. The van der Waals surface area contributed by atoms with Crippen LogP contribution in [0.4, 0.5) is 5.69 Å². The molecule has 7 heteroatoms. The van der Waals surface area contributed by atoms with E-state index in [-0.39, 0.29) is 16.0 Å². The molecule has 0 saturated heterocycles. The van der Waals surface area contributed by atoms with Gasteiger partial charge in [-0.15, -0.1) is 0 Å². The molecule has 1 unspecified atom stereocenters. The molecule has 0 aromatic heterocycles. The van der Waals surface area contributed by atoms with E-state index in [1.807, 2.05) is 6.92 Å². The van der Waals surface area contributed by atoms with Crippen LogP contribution < -0.4 is 5.73 Å². The number of sulfonamides is 1. The molecule has 118 valence electrons. The molecule has 0 spiro atoms. The summed E-state index contributed by atoms with van der Waals surface area (Å²) >= 11 is 6.07. The van der Waals surface area contributed by atoms with Crippen LogP contribution in [0.15, 0.2) is 23.1 Å². The zero-order chi connectivity index (χ0) is 15.6. The number of nitrogens with zero attached hydrogens (tertiary/aromatic N) is 1. The molecule has 0 aliphatic heterocycles. The Hall–Kier alpha value is -0.820. The van der Waals surface area contributed by atoms with Crippen molar-refractivity contribution in [3.63, 3.8) is 0 Å². The summed E-state index contributed by atoms with van der Waals surface area (Å²) in [5, 5.41) is 0.153. The van der Waals surface area contributed by atoms with E-state index in [1.54, 1.807) is 13.2 Å². The molecule has 5 nitrogen and oxygen atoms in total. The highest BCUT2D eigenvalue weighted by Crippen LogP contribution is 2.38. The van der Waals surface area contributed by atoms with Crippen molar-refractivity contribution in [1.82, 2.24) is 4.31 Å². The Labute approximate surface area is 131 Å². The highest BCUT2D eigenvalue weighted by molar-refractivity contribution is 7.89. The van der Waals surface area contributed by atoms with Gasteiger partial charge in [0, 0.05) is 25.4 Å². The lowest BCUT2D eigenvalue weighted by Gasteiger charge is -2.28. The molecular weight excluding hydrogens is 312 g/mol. The molecule has 1 saturated carbocycles. The first-order valence-electron chi connectivity index (χ1n) is 6.93. The average Bonchev–Trinajstić information content (AvgIpc) is 3.22. The Morgan fingerprint density at radius 2 is 2.14 bits per heavy atom. The molecule has 1 fully saturated rings. The lowest BCUT2D eigenvalue weighted by molar-refractivity contribution is 0.164. The van der Waals surface area contributed by atoms with E-state index in [0.717, 1.165) is 12.8 Å². The molecule has 21 heavy (non-hydrogen) atoms. The monoisotopic (exact) mass is 332 g/mol. The third kappa shape index (κ3) is 3.69. The SMILES string of the molecule is COCCN(C(C)C1CC1)S(=O)(=O)c1ccc(N)cc1Cl. The van der Waals surface area contributed by atoms with Gasteiger partial charge in [-0.3, -0.25) is 0 Å². The predicted octanol–water partition coefficient (Wildman–Crippen LogP) is 2.36. The quantitative estimate of drug-likeness (QED) is 0.778. The predicted molar refractivity (Wildman–Crippen MR) is 83.8 cm³/mol. The van der Waals surface area contributed by atoms with Crippen LogP contribution in [0.3, 0.4) is 0 Å². The van der Waals surface area contributed by atoms with E-state index in [0.29, 0.717) is 24.8 Å². The molecule has 1 aromatic carbocycles. The first-order chi connectivity index (χ1) is 9.87. The highest BCUT2D eigenvalue weighted by Gasteiger charge is 2.38. The van der Waals surface area contributed by atoms with Gasteiger partial charge in [0.15, 0.2) is 0 Å². The minimum absolute atomic E-state index is 0.0567. The molecular formula is C14H21ClN2O3S. The molecule has 0 amide bonds. The molecule has 1 aliphatic carbocycles. The fourth-order valence-corrected chi connectivity index (χ4v) is 4.59. The van der Waals surface area contributed by atoms with Crippen molar-refractivity contribution >= 4 is 27.3 Å². The molecule has 2 rings (SSSR count). The molecule has 0 bridgehead atoms. The van der Waals surface area contributed by atoms with Gasteiger partial charge in [0.1, 0.15) is 4.90 Å². The van der Waals surface area contributed by atoms with E-state index in [9.17, 15) is 8.42 Å². The largest absolute Gasteiger partial charge is 0.399 e. The number of hydrogen-bond acceptors (Lipinski definition) is 4. The van der Waals surface area contributed by atoms with Crippen molar-refractivity contribution in [2.24, 2.45) is 5.92 Å². The summed E-state index contributed by atoms with van der Waals surface area (Å²) in [7, 11) is -2.10. The summed E-state index contributed by atoms with van der Waals surface area (Å²) < 4.78 is 32.3. The van der Waals surface area contributed by atoms with Crippen LogP contribution in [0.2, 0.25) is 5.02 Å². The Kier molecular flexibility index (Phi) is 5.14. The minimum Gasteiger partial charge on any atom is -0.399 e. The van der Waals surface area contributed by atoms with Crippen molar-refractivity contribution in [3.8, 4) is 0 Å². The summed E-state index contributed by atoms with van der Waals surface area (Å²) in [5.74, 6) is 0.421. The van der Waals surface area contributed by atoms with Crippen LogP contribution in [0.1, 0.15) is 19.8 Å². The molecule has 1 aliphatic rings. The molecule has 0 heterocycles. The van der Waals surface area contributed by atoms with Gasteiger partial charge in [0.25, 0.3) is 0 Å². The van der Waals surface area contributed by atoms with Crippen LogP contribution in [-0.2, 0) is 14.8 Å². The van der Waals surface area contributed by atoms with Crippen molar-refractivity contribution in [1.29, 1.82) is 0 Å². The third-order valence-electron chi connectivity index (χ3n) is 3.82. The maximum absolute atomic E-state index is 12.9. The number of methoxy groups -OCH3 is 1. The number of nitrogens with two attached hydrogens (primary N) is 1. The van der Waals surface area contributed by atoms with E-state index >= 15 is 0 Å². The van der Waals surface area contributed by atoms with Crippen LogP contribution in [0.25, 0.3) is 0 Å². The highest BCUT2D eigenvalue weighted by atomic mass is 35.5. The third-order valence-corrected chi connectivity index (χ3v) is 6.29. The summed E-state index contributed by atoms with van der Waals surface area (Å²) in [6, 6.07) is 4.42. The number of anilines is 1. The van der Waals surface area contributed by atoms with Gasteiger partial charge in [-0.1, -0.05) is 11.6 Å². The number of nitrogen functional groups attached to an aromatic ring is 1. The number of ether oxygens (including phenoxy) is 1. The van der Waals surface area contributed by atoms with E-state index in [1.165, 1.54) is 16.4 Å². The Balaban J connectivity index is 2.35. The topological polar surface area (TPSA) is 72.6 Å². The lowest BCUT2D eigenvalue weighted by atomic mass is 10.2.